The Kier molecular flexibility index (Phi) is 5.23. The number of sulfonamides is 1. The van der Waals surface area contributed by atoms with Crippen LogP contribution in [-0.4, -0.2) is 37.2 Å². The Labute approximate surface area is 129 Å². The average Bonchev–Trinajstić information content (AvgIpc) is 2.38. The van der Waals surface area contributed by atoms with Crippen molar-refractivity contribution in [3.05, 3.63) is 34.3 Å². The molecular weight excluding hydrogens is 342 g/mol. The van der Waals surface area contributed by atoms with Gasteiger partial charge in [0.2, 0.25) is 10.0 Å². The fourth-order valence-corrected chi connectivity index (χ4v) is 4.20. The van der Waals surface area contributed by atoms with Gasteiger partial charge in [-0.15, -0.1) is 0 Å². The summed E-state index contributed by atoms with van der Waals surface area (Å²) in [5.74, 6) is 0.209. The van der Waals surface area contributed by atoms with E-state index < -0.39 is 16.1 Å². The summed E-state index contributed by atoms with van der Waals surface area (Å²) in [4.78, 5) is 0. The minimum absolute atomic E-state index is 0.209. The second-order valence-corrected chi connectivity index (χ2v) is 8.24. The molecule has 1 aromatic carbocycles. The van der Waals surface area contributed by atoms with Crippen LogP contribution in [0.25, 0.3) is 0 Å². The average molecular weight is 362 g/mol. The molecule has 1 fully saturated rings. The summed E-state index contributed by atoms with van der Waals surface area (Å²) in [6.45, 7) is 1.11. The largest absolute Gasteiger partial charge is 0.388 e. The number of aliphatic hydroxyl groups is 1. The molecule has 2 unspecified atom stereocenters. The highest BCUT2D eigenvalue weighted by molar-refractivity contribution is 9.10. The lowest BCUT2D eigenvalue weighted by Crippen LogP contribution is -2.39. The predicted octanol–water partition coefficient (Wildman–Crippen LogP) is 2.54. The van der Waals surface area contributed by atoms with Gasteiger partial charge < -0.3 is 5.11 Å². The molecule has 0 amide bonds. The number of rotatable bonds is 4. The third-order valence-electron chi connectivity index (χ3n) is 3.77. The van der Waals surface area contributed by atoms with E-state index in [-0.39, 0.29) is 5.92 Å². The van der Waals surface area contributed by atoms with Crippen LogP contribution in [0, 0.1) is 5.92 Å². The summed E-state index contributed by atoms with van der Waals surface area (Å²) in [6, 6.07) is 7.60. The second-order valence-electron chi connectivity index (χ2n) is 5.40. The van der Waals surface area contributed by atoms with E-state index in [4.69, 9.17) is 0 Å². The van der Waals surface area contributed by atoms with Gasteiger partial charge in [0.25, 0.3) is 0 Å². The number of benzene rings is 1. The van der Waals surface area contributed by atoms with E-state index in [1.165, 1.54) is 10.6 Å². The first-order valence-corrected chi connectivity index (χ1v) is 9.39. The summed E-state index contributed by atoms with van der Waals surface area (Å²) in [5.41, 5.74) is 0.865. The monoisotopic (exact) mass is 361 g/mol. The maximum Gasteiger partial charge on any atom is 0.211 e. The van der Waals surface area contributed by atoms with E-state index in [0.717, 1.165) is 22.9 Å². The van der Waals surface area contributed by atoms with Crippen LogP contribution in [0.5, 0.6) is 0 Å². The lowest BCUT2D eigenvalue weighted by molar-refractivity contribution is 0.122. The molecule has 2 atom stereocenters. The molecule has 1 N–H and O–H groups in total. The van der Waals surface area contributed by atoms with Gasteiger partial charge in [0.05, 0.1) is 12.4 Å². The molecule has 1 aliphatic rings. The highest BCUT2D eigenvalue weighted by Crippen LogP contribution is 2.31. The maximum absolute atomic E-state index is 11.6. The van der Waals surface area contributed by atoms with Crippen molar-refractivity contribution in [1.29, 1.82) is 0 Å². The molecule has 112 valence electrons. The number of nitrogens with zero attached hydrogens (tertiary/aromatic N) is 1. The Hall–Kier alpha value is -0.430. The zero-order chi connectivity index (χ0) is 14.8. The van der Waals surface area contributed by atoms with Crippen molar-refractivity contribution in [2.75, 3.05) is 19.3 Å². The molecule has 1 aliphatic heterocycles. The zero-order valence-electron chi connectivity index (χ0n) is 11.5. The van der Waals surface area contributed by atoms with E-state index in [9.17, 15) is 13.5 Å². The van der Waals surface area contributed by atoms with Gasteiger partial charge in [0.1, 0.15) is 0 Å². The van der Waals surface area contributed by atoms with Gasteiger partial charge in [-0.25, -0.2) is 12.7 Å². The smallest absolute Gasteiger partial charge is 0.211 e. The molecule has 2 rings (SSSR count). The van der Waals surface area contributed by atoms with Gasteiger partial charge in [-0.05, 0) is 36.8 Å². The standard InChI is InChI=1S/C14H20BrNO3S/c1-20(18,19)16-8-4-5-11(10-16)9-14(17)12-6-2-3-7-13(12)15/h2-3,6-7,11,14,17H,4-5,8-10H2,1H3. The zero-order valence-corrected chi connectivity index (χ0v) is 13.9. The Morgan fingerprint density at radius 1 is 1.45 bits per heavy atom. The van der Waals surface area contributed by atoms with Gasteiger partial charge in [-0.3, -0.25) is 0 Å². The first-order chi connectivity index (χ1) is 9.38. The molecule has 1 heterocycles. The Balaban J connectivity index is 2.01. The van der Waals surface area contributed by atoms with Crippen LogP contribution in [0.2, 0.25) is 0 Å². The van der Waals surface area contributed by atoms with Crippen LogP contribution in [0.3, 0.4) is 0 Å². The van der Waals surface area contributed by atoms with E-state index in [0.29, 0.717) is 19.5 Å². The van der Waals surface area contributed by atoms with Crippen LogP contribution in [0.15, 0.2) is 28.7 Å². The van der Waals surface area contributed by atoms with Crippen LogP contribution in [0.1, 0.15) is 30.9 Å². The molecular formula is C14H20BrNO3S. The summed E-state index contributed by atoms with van der Waals surface area (Å²) in [6.07, 6.45) is 3.11. The van der Waals surface area contributed by atoms with Crippen molar-refractivity contribution < 1.29 is 13.5 Å². The lowest BCUT2D eigenvalue weighted by atomic mass is 9.91. The van der Waals surface area contributed by atoms with Gasteiger partial charge in [-0.1, -0.05) is 34.1 Å². The number of piperidine rings is 1. The SMILES string of the molecule is CS(=O)(=O)N1CCCC(CC(O)c2ccccc2Br)C1. The van der Waals surface area contributed by atoms with E-state index in [2.05, 4.69) is 15.9 Å². The molecule has 0 radical (unpaired) electrons. The first kappa shape index (κ1) is 15.9. The second kappa shape index (κ2) is 6.56. The Morgan fingerprint density at radius 3 is 2.80 bits per heavy atom. The topological polar surface area (TPSA) is 57.6 Å². The summed E-state index contributed by atoms with van der Waals surface area (Å²) < 4.78 is 25.6. The molecule has 0 aliphatic carbocycles. The maximum atomic E-state index is 11.6. The number of halogens is 1. The fraction of sp³-hybridized carbons (Fsp3) is 0.571. The number of hydrogen-bond acceptors (Lipinski definition) is 3. The van der Waals surface area contributed by atoms with Gasteiger partial charge >= 0.3 is 0 Å². The summed E-state index contributed by atoms with van der Waals surface area (Å²) in [7, 11) is -3.12. The van der Waals surface area contributed by atoms with Crippen molar-refractivity contribution in [3.8, 4) is 0 Å². The highest BCUT2D eigenvalue weighted by atomic mass is 79.9. The summed E-state index contributed by atoms with van der Waals surface area (Å²) >= 11 is 3.44. The van der Waals surface area contributed by atoms with E-state index in [1.54, 1.807) is 0 Å². The quantitative estimate of drug-likeness (QED) is 0.896. The van der Waals surface area contributed by atoms with Crippen LogP contribution in [-0.2, 0) is 10.0 Å². The molecule has 0 bridgehead atoms. The van der Waals surface area contributed by atoms with Crippen molar-refractivity contribution in [2.24, 2.45) is 5.92 Å². The number of aliphatic hydroxyl groups excluding tert-OH is 1. The molecule has 0 spiro atoms. The Bertz CT molecular complexity index is 561. The fourth-order valence-electron chi connectivity index (χ4n) is 2.71. The normalized spacial score (nSPS) is 22.6. The van der Waals surface area contributed by atoms with Gasteiger partial charge in [-0.2, -0.15) is 0 Å². The lowest BCUT2D eigenvalue weighted by Gasteiger charge is -2.32. The van der Waals surface area contributed by atoms with Crippen LogP contribution >= 0.6 is 15.9 Å². The third kappa shape index (κ3) is 4.04. The minimum Gasteiger partial charge on any atom is -0.388 e. The molecule has 1 aromatic rings. The predicted molar refractivity (Wildman–Crippen MR) is 82.9 cm³/mol. The Morgan fingerprint density at radius 2 is 2.15 bits per heavy atom. The van der Waals surface area contributed by atoms with Gasteiger partial charge in [0.15, 0.2) is 0 Å². The van der Waals surface area contributed by atoms with Crippen molar-refractivity contribution in [3.63, 3.8) is 0 Å². The molecule has 4 nitrogen and oxygen atoms in total. The van der Waals surface area contributed by atoms with Crippen LogP contribution in [0.4, 0.5) is 0 Å². The van der Waals surface area contributed by atoms with Crippen molar-refractivity contribution >= 4 is 26.0 Å². The minimum atomic E-state index is -3.12. The first-order valence-electron chi connectivity index (χ1n) is 6.75. The van der Waals surface area contributed by atoms with E-state index in [1.807, 2.05) is 24.3 Å². The third-order valence-corrected chi connectivity index (χ3v) is 5.76. The molecule has 20 heavy (non-hydrogen) atoms. The van der Waals surface area contributed by atoms with Gasteiger partial charge in [0, 0.05) is 17.6 Å². The molecule has 0 saturated carbocycles. The summed E-state index contributed by atoms with van der Waals surface area (Å²) in [5, 5.41) is 10.3. The van der Waals surface area contributed by atoms with Crippen LogP contribution < -0.4 is 0 Å². The molecule has 6 heteroatoms. The molecule has 0 aromatic heterocycles. The van der Waals surface area contributed by atoms with Crippen molar-refractivity contribution in [1.82, 2.24) is 4.31 Å². The van der Waals surface area contributed by atoms with E-state index >= 15 is 0 Å². The molecule has 1 saturated heterocycles. The number of hydrogen-bond donors (Lipinski definition) is 1. The highest BCUT2D eigenvalue weighted by Gasteiger charge is 2.27. The van der Waals surface area contributed by atoms with Crippen molar-refractivity contribution in [2.45, 2.75) is 25.4 Å².